The van der Waals surface area contributed by atoms with Crippen molar-refractivity contribution in [3.63, 3.8) is 0 Å². The maximum atomic E-state index is 12.8. The van der Waals surface area contributed by atoms with E-state index in [1.54, 1.807) is 11.3 Å². The Balaban J connectivity index is 1.59. The molecule has 1 amide bonds. The molecule has 1 unspecified atom stereocenters. The van der Waals surface area contributed by atoms with Crippen LogP contribution in [-0.2, 0) is 5.41 Å². The number of hydrogen-bond donors (Lipinski definition) is 1. The number of piperidine rings is 1. The van der Waals surface area contributed by atoms with Gasteiger partial charge in [-0.3, -0.25) is 4.79 Å². The minimum absolute atomic E-state index is 0.0281. The Bertz CT molecular complexity index is 831. The lowest BCUT2D eigenvalue weighted by molar-refractivity contribution is 0.102. The van der Waals surface area contributed by atoms with Gasteiger partial charge in [-0.1, -0.05) is 59.2 Å². The number of nitrogens with zero attached hydrogens (tertiary/aromatic N) is 2. The van der Waals surface area contributed by atoms with E-state index in [2.05, 4.69) is 50.9 Å². The van der Waals surface area contributed by atoms with Crippen LogP contribution in [0.15, 0.2) is 29.6 Å². The van der Waals surface area contributed by atoms with Crippen molar-refractivity contribution in [3.8, 4) is 0 Å². The fourth-order valence-electron chi connectivity index (χ4n) is 4.40. The molecule has 2 aromatic rings. The number of para-hydroxylation sites is 1. The molecule has 1 fully saturated rings. The summed E-state index contributed by atoms with van der Waals surface area (Å²) in [5.41, 5.74) is 2.52. The number of aromatic nitrogens is 1. The van der Waals surface area contributed by atoms with Crippen molar-refractivity contribution in [2.45, 2.75) is 71.6 Å². The van der Waals surface area contributed by atoms with Crippen molar-refractivity contribution < 1.29 is 4.79 Å². The Morgan fingerprint density at radius 1 is 1.27 bits per heavy atom. The Morgan fingerprint density at radius 2 is 1.97 bits per heavy atom. The van der Waals surface area contributed by atoms with E-state index in [9.17, 15) is 4.79 Å². The first-order valence-corrected chi connectivity index (χ1v) is 12.2. The minimum atomic E-state index is -0.111. The Hall–Kier alpha value is -1.72. The number of likely N-dealkylation sites (tertiary alicyclic amines) is 1. The summed E-state index contributed by atoms with van der Waals surface area (Å²) in [5.74, 6) is 1.15. The number of carbonyl (C=O) groups is 1. The van der Waals surface area contributed by atoms with Gasteiger partial charge < -0.3 is 10.2 Å². The van der Waals surface area contributed by atoms with Gasteiger partial charge in [0.2, 0.25) is 0 Å². The predicted molar refractivity (Wildman–Crippen MR) is 128 cm³/mol. The molecule has 1 aromatic carbocycles. The second-order valence-electron chi connectivity index (χ2n) is 9.79. The van der Waals surface area contributed by atoms with Crippen LogP contribution in [0.5, 0.6) is 0 Å². The molecule has 0 aliphatic carbocycles. The summed E-state index contributed by atoms with van der Waals surface area (Å²) in [5, 5.41) is 6.12. The van der Waals surface area contributed by atoms with Crippen LogP contribution in [-0.4, -0.2) is 35.4 Å². The zero-order chi connectivity index (χ0) is 21.7. The van der Waals surface area contributed by atoms with E-state index in [1.165, 1.54) is 19.4 Å². The van der Waals surface area contributed by atoms with Crippen molar-refractivity contribution in [3.05, 3.63) is 45.9 Å². The number of thiazole rings is 1. The van der Waals surface area contributed by atoms with Gasteiger partial charge in [0.1, 0.15) is 5.69 Å². The van der Waals surface area contributed by atoms with E-state index in [0.29, 0.717) is 11.6 Å². The Morgan fingerprint density at radius 3 is 2.63 bits per heavy atom. The third-order valence-electron chi connectivity index (χ3n) is 6.03. The van der Waals surface area contributed by atoms with E-state index in [1.807, 2.05) is 23.6 Å². The summed E-state index contributed by atoms with van der Waals surface area (Å²) in [6.45, 7) is 14.6. The molecule has 4 nitrogen and oxygen atoms in total. The molecular formula is C25H37N3OS. The van der Waals surface area contributed by atoms with Gasteiger partial charge in [-0.15, -0.1) is 11.3 Å². The molecule has 1 N–H and O–H groups in total. The molecule has 1 saturated heterocycles. The van der Waals surface area contributed by atoms with Crippen LogP contribution in [0.1, 0.15) is 87.3 Å². The van der Waals surface area contributed by atoms with Crippen LogP contribution in [0.25, 0.3) is 0 Å². The van der Waals surface area contributed by atoms with Gasteiger partial charge in [-0.25, -0.2) is 4.98 Å². The van der Waals surface area contributed by atoms with Crippen LogP contribution in [0.2, 0.25) is 0 Å². The fourth-order valence-corrected chi connectivity index (χ4v) is 5.37. The molecule has 0 radical (unpaired) electrons. The molecule has 0 bridgehead atoms. The first-order chi connectivity index (χ1) is 14.3. The highest BCUT2D eigenvalue weighted by atomic mass is 32.1. The number of nitrogens with one attached hydrogen (secondary N) is 1. The van der Waals surface area contributed by atoms with Crippen LogP contribution >= 0.6 is 11.3 Å². The molecule has 1 aromatic heterocycles. The molecule has 30 heavy (non-hydrogen) atoms. The smallest absolute Gasteiger partial charge is 0.275 e. The maximum Gasteiger partial charge on any atom is 0.275 e. The summed E-state index contributed by atoms with van der Waals surface area (Å²) in [4.78, 5) is 20.2. The molecule has 1 aliphatic rings. The van der Waals surface area contributed by atoms with Crippen LogP contribution < -0.4 is 5.32 Å². The minimum Gasteiger partial charge on any atom is -0.320 e. The largest absolute Gasteiger partial charge is 0.320 e. The zero-order valence-electron chi connectivity index (χ0n) is 19.2. The predicted octanol–water partition coefficient (Wildman–Crippen LogP) is 6.31. The standard InChI is InChI=1S/C25H37N3OS/c1-6-9-18(2)16-28-14-12-19(13-15-28)24-27-22(17-30-24)23(29)26-21-11-8-7-10-20(21)25(3,4)5/h7-8,10-11,17-19H,6,9,12-16H2,1-5H3,(H,26,29). The summed E-state index contributed by atoms with van der Waals surface area (Å²) < 4.78 is 0. The lowest BCUT2D eigenvalue weighted by Gasteiger charge is -2.32. The van der Waals surface area contributed by atoms with Gasteiger partial charge in [0.15, 0.2) is 0 Å². The number of amides is 1. The van der Waals surface area contributed by atoms with E-state index in [-0.39, 0.29) is 11.3 Å². The molecule has 1 atom stereocenters. The lowest BCUT2D eigenvalue weighted by atomic mass is 9.86. The second-order valence-corrected chi connectivity index (χ2v) is 10.7. The number of hydrogen-bond acceptors (Lipinski definition) is 4. The third-order valence-corrected chi connectivity index (χ3v) is 7.03. The Labute approximate surface area is 186 Å². The van der Waals surface area contributed by atoms with Gasteiger partial charge >= 0.3 is 0 Å². The highest BCUT2D eigenvalue weighted by molar-refractivity contribution is 7.10. The molecule has 0 spiro atoms. The topological polar surface area (TPSA) is 45.2 Å². The van der Waals surface area contributed by atoms with Gasteiger partial charge in [0.25, 0.3) is 5.91 Å². The molecule has 0 saturated carbocycles. The Kier molecular flexibility index (Phi) is 7.70. The highest BCUT2D eigenvalue weighted by Crippen LogP contribution is 2.32. The van der Waals surface area contributed by atoms with Crippen LogP contribution in [0.3, 0.4) is 0 Å². The monoisotopic (exact) mass is 427 g/mol. The number of rotatable bonds is 7. The molecule has 2 heterocycles. The van der Waals surface area contributed by atoms with E-state index < -0.39 is 0 Å². The highest BCUT2D eigenvalue weighted by Gasteiger charge is 2.25. The normalized spacial score (nSPS) is 17.1. The van der Waals surface area contributed by atoms with E-state index in [4.69, 9.17) is 4.98 Å². The lowest BCUT2D eigenvalue weighted by Crippen LogP contribution is -2.36. The maximum absolute atomic E-state index is 12.8. The average Bonchev–Trinajstić information content (AvgIpc) is 3.19. The number of benzene rings is 1. The fraction of sp³-hybridized carbons (Fsp3) is 0.600. The SMILES string of the molecule is CCCC(C)CN1CCC(c2nc(C(=O)Nc3ccccc3C(C)(C)C)cs2)CC1. The van der Waals surface area contributed by atoms with E-state index in [0.717, 1.165) is 48.1 Å². The van der Waals surface area contributed by atoms with Gasteiger partial charge in [-0.05, 0) is 55.3 Å². The van der Waals surface area contributed by atoms with Crippen molar-refractivity contribution in [1.82, 2.24) is 9.88 Å². The molecule has 5 heteroatoms. The summed E-state index contributed by atoms with van der Waals surface area (Å²) >= 11 is 1.64. The molecule has 3 rings (SSSR count). The molecule has 1 aliphatic heterocycles. The van der Waals surface area contributed by atoms with Crippen LogP contribution in [0.4, 0.5) is 5.69 Å². The average molecular weight is 428 g/mol. The van der Waals surface area contributed by atoms with Gasteiger partial charge in [0.05, 0.1) is 5.01 Å². The first kappa shape index (κ1) is 23.0. The quantitative estimate of drug-likeness (QED) is 0.563. The molecular weight excluding hydrogens is 390 g/mol. The molecule has 164 valence electrons. The van der Waals surface area contributed by atoms with Crippen molar-refractivity contribution in [2.75, 3.05) is 25.0 Å². The van der Waals surface area contributed by atoms with Gasteiger partial charge in [-0.2, -0.15) is 0 Å². The van der Waals surface area contributed by atoms with Crippen LogP contribution in [0, 0.1) is 5.92 Å². The number of anilines is 1. The second kappa shape index (κ2) is 10.1. The van der Waals surface area contributed by atoms with E-state index >= 15 is 0 Å². The van der Waals surface area contributed by atoms with Crippen molar-refractivity contribution in [1.29, 1.82) is 0 Å². The van der Waals surface area contributed by atoms with Gasteiger partial charge in [0, 0.05) is 23.5 Å². The summed E-state index contributed by atoms with van der Waals surface area (Å²) in [6.07, 6.45) is 4.85. The first-order valence-electron chi connectivity index (χ1n) is 11.4. The summed E-state index contributed by atoms with van der Waals surface area (Å²) in [7, 11) is 0. The third kappa shape index (κ3) is 5.92. The summed E-state index contributed by atoms with van der Waals surface area (Å²) in [6, 6.07) is 8.04. The number of carbonyl (C=O) groups excluding carboxylic acids is 1. The van der Waals surface area contributed by atoms with Crippen molar-refractivity contribution >= 4 is 22.9 Å². The zero-order valence-corrected chi connectivity index (χ0v) is 20.0. The van der Waals surface area contributed by atoms with Crippen molar-refractivity contribution in [2.24, 2.45) is 5.92 Å².